The Kier molecular flexibility index (Phi) is 24.5. The van der Waals surface area contributed by atoms with E-state index in [0.717, 1.165) is 64.6 Å². The smallest absolute Gasteiger partial charge is 0.872 e. The van der Waals surface area contributed by atoms with Gasteiger partial charge in [0.05, 0.1) is 48.4 Å². The van der Waals surface area contributed by atoms with Crippen molar-refractivity contribution in [2.75, 3.05) is 0 Å². The third-order valence-electron chi connectivity index (χ3n) is 17.9. The molecule has 0 fully saturated rings. The van der Waals surface area contributed by atoms with Crippen molar-refractivity contribution in [2.45, 2.75) is 118 Å². The molecule has 0 aromatic heterocycles. The second-order valence-corrected chi connectivity index (χ2v) is 61.3. The van der Waals surface area contributed by atoms with Crippen LogP contribution in [0.1, 0.15) is 0 Å². The van der Waals surface area contributed by atoms with Crippen LogP contribution in [0.4, 0.5) is 0 Å². The summed E-state index contributed by atoms with van der Waals surface area (Å²) in [6.07, 6.45) is 0. The number of hydrogen-bond donors (Lipinski definition) is 3. The third-order valence-corrected chi connectivity index (χ3v) is 30.1. The second-order valence-electron chi connectivity index (χ2n) is 30.8. The van der Waals surface area contributed by atoms with Crippen molar-refractivity contribution in [1.29, 1.82) is 0 Å². The Morgan fingerprint density at radius 3 is 0.521 bits per heavy atom. The molecule has 0 heterocycles. The molecule has 0 aliphatic carbocycles. The Labute approximate surface area is 627 Å². The van der Waals surface area contributed by atoms with Gasteiger partial charge in [-0.3, -0.25) is 0 Å². The summed E-state index contributed by atoms with van der Waals surface area (Å²) >= 11 is 0. The normalized spacial score (nSPS) is 12.1. The molecule has 3 N–H and O–H groups in total. The van der Waals surface area contributed by atoms with Gasteiger partial charge >= 0.3 is 56.6 Å². The van der Waals surface area contributed by atoms with Gasteiger partial charge in [-0.1, -0.05) is 313 Å². The second kappa shape index (κ2) is 29.4. The molecular formula is C78H87LaLi3O6Si6. The summed E-state index contributed by atoms with van der Waals surface area (Å²) in [5.41, 5.74) is 3.72. The summed E-state index contributed by atoms with van der Waals surface area (Å²) in [6.45, 7) is 41.8. The molecule has 0 bridgehead atoms. The molecule has 0 saturated heterocycles. The molecule has 0 amide bonds. The molecule has 0 spiro atoms. The molecule has 12 aromatic rings. The number of fused-ring (bicyclic) bond motifs is 6. The van der Waals surface area contributed by atoms with Crippen LogP contribution in [0.3, 0.4) is 0 Å². The monoisotopic (exact) mass is 1450 g/mol. The fourth-order valence-electron chi connectivity index (χ4n) is 12.2. The Morgan fingerprint density at radius 1 is 0.213 bits per heavy atom. The van der Waals surface area contributed by atoms with Gasteiger partial charge in [0.15, 0.2) is 0 Å². The van der Waals surface area contributed by atoms with Crippen molar-refractivity contribution in [3.05, 3.63) is 182 Å². The summed E-state index contributed by atoms with van der Waals surface area (Å²) in [5, 5.41) is 91.7. The van der Waals surface area contributed by atoms with Crippen LogP contribution in [-0.2, 0) is 0 Å². The van der Waals surface area contributed by atoms with E-state index in [-0.39, 0.29) is 127 Å². The average molecular weight is 1450 g/mol. The van der Waals surface area contributed by atoms with Crippen LogP contribution < -0.4 is 103 Å². The molecule has 6 nitrogen and oxygen atoms in total. The summed E-state index contributed by atoms with van der Waals surface area (Å²) in [7, 11) is -8.77. The fraction of sp³-hybridized carbons (Fsp3) is 0.231. The molecule has 1 radical (unpaired) electrons. The molecular weight excluding hydrogens is 1360 g/mol. The molecule has 465 valence electrons. The summed E-state index contributed by atoms with van der Waals surface area (Å²) in [6, 6.07) is 60.4. The van der Waals surface area contributed by atoms with Gasteiger partial charge in [-0.15, -0.1) is 17.2 Å². The SMILES string of the molecule is C[Si](C)(C)c1ccc2c(-c3c(O)ccc4cc([Si](C)(C)C)ccc34)c([O-])ccc2c1.C[Si](C)(C)c1ccc2c(-c3c(O)ccc4cc([Si](C)(C)C)ccc34)c([O-])ccc2c1.C[Si](C)(C)c1ccc2c(-c3c(O)ccc4cc([Si](C)(C)C)ccc34)c([O-])ccc2c1.[La].[Li+].[Li+].[Li+]. The minimum atomic E-state index is -1.46. The van der Waals surface area contributed by atoms with E-state index in [1.807, 2.05) is 36.4 Å². The van der Waals surface area contributed by atoms with Crippen LogP contribution in [0.15, 0.2) is 182 Å². The van der Waals surface area contributed by atoms with E-state index in [4.69, 9.17) is 0 Å². The van der Waals surface area contributed by atoms with Crippen molar-refractivity contribution in [3.8, 4) is 67.9 Å². The predicted molar refractivity (Wildman–Crippen MR) is 402 cm³/mol. The van der Waals surface area contributed by atoms with E-state index in [1.54, 1.807) is 36.4 Å². The number of phenols is 3. The van der Waals surface area contributed by atoms with Crippen molar-refractivity contribution in [3.63, 3.8) is 0 Å². The van der Waals surface area contributed by atoms with Crippen LogP contribution >= 0.6 is 0 Å². The summed E-state index contributed by atoms with van der Waals surface area (Å²) in [5.74, 6) is 0.298. The maximum absolute atomic E-state index is 13.0. The number of benzene rings is 12. The zero-order chi connectivity index (χ0) is 65.5. The van der Waals surface area contributed by atoms with E-state index in [9.17, 15) is 30.6 Å². The first-order valence-corrected chi connectivity index (χ1v) is 52.4. The first-order chi connectivity index (χ1) is 41.9. The first kappa shape index (κ1) is 78.3. The van der Waals surface area contributed by atoms with Gasteiger partial charge < -0.3 is 30.6 Å². The number of phenolic OH excluding ortho intramolecular Hbond substituents is 3. The van der Waals surface area contributed by atoms with Crippen LogP contribution in [0.2, 0.25) is 118 Å². The van der Waals surface area contributed by atoms with E-state index in [2.05, 4.69) is 227 Å². The largest absolute Gasteiger partial charge is 1.00 e. The molecule has 0 aliphatic rings. The molecule has 12 aromatic carbocycles. The van der Waals surface area contributed by atoms with E-state index >= 15 is 0 Å². The standard InChI is InChI=1S/3C26H30O2Si2.La.3Li/c3*1-29(2,3)19-9-11-21-17(15-19)7-13-23(27)25(21)26-22-12-10-20(30(4,5)6)16-18(22)8-14-24(26)28;;;;/h3*7-16,27-28H,1-6H3;;;;/q;;;;3*+1/p-3. The van der Waals surface area contributed by atoms with Crippen LogP contribution in [-0.4, -0.2) is 63.8 Å². The summed E-state index contributed by atoms with van der Waals surface area (Å²) in [4.78, 5) is 0. The van der Waals surface area contributed by atoms with Gasteiger partial charge in [-0.2, -0.15) is 0 Å². The average Bonchev–Trinajstić information content (AvgIpc) is 0.765. The number of hydrogen-bond acceptors (Lipinski definition) is 6. The van der Waals surface area contributed by atoms with Crippen molar-refractivity contribution >= 4 is 144 Å². The first-order valence-electron chi connectivity index (χ1n) is 31.4. The number of aromatic hydroxyl groups is 3. The van der Waals surface area contributed by atoms with E-state index in [1.165, 1.54) is 31.1 Å². The van der Waals surface area contributed by atoms with Crippen LogP contribution in [0.5, 0.6) is 34.5 Å². The van der Waals surface area contributed by atoms with Gasteiger partial charge in [0.1, 0.15) is 17.2 Å². The zero-order valence-electron chi connectivity index (χ0n) is 59.5. The van der Waals surface area contributed by atoms with Crippen molar-refractivity contribution < 1.29 is 123 Å². The third kappa shape index (κ3) is 16.4. The van der Waals surface area contributed by atoms with Crippen LogP contribution in [0, 0.1) is 35.6 Å². The Balaban J connectivity index is 0.000000219. The minimum absolute atomic E-state index is 0. The van der Waals surface area contributed by atoms with E-state index < -0.39 is 48.4 Å². The number of rotatable bonds is 9. The molecule has 0 unspecified atom stereocenters. The maximum Gasteiger partial charge on any atom is 1.00 e. The minimum Gasteiger partial charge on any atom is -0.872 e. The van der Waals surface area contributed by atoms with Gasteiger partial charge in [0.2, 0.25) is 0 Å². The Bertz CT molecular complexity index is 4040. The molecule has 0 saturated carbocycles. The topological polar surface area (TPSA) is 130 Å². The molecule has 12 rings (SSSR count). The quantitative estimate of drug-likeness (QED) is 0.128. The fourth-order valence-corrected chi connectivity index (χ4v) is 19.3. The van der Waals surface area contributed by atoms with Gasteiger partial charge in [-0.05, 0) is 99.5 Å². The zero-order valence-corrected chi connectivity index (χ0v) is 69.1. The van der Waals surface area contributed by atoms with Gasteiger partial charge in [0, 0.05) is 52.3 Å². The Hall–Kier alpha value is -4.71. The molecule has 16 heteroatoms. The molecule has 0 atom stereocenters. The molecule has 0 aliphatic heterocycles. The van der Waals surface area contributed by atoms with Gasteiger partial charge in [-0.25, -0.2) is 0 Å². The van der Waals surface area contributed by atoms with Gasteiger partial charge in [0.25, 0.3) is 0 Å². The van der Waals surface area contributed by atoms with Crippen molar-refractivity contribution in [2.24, 2.45) is 0 Å². The van der Waals surface area contributed by atoms with Crippen LogP contribution in [0.25, 0.3) is 98.0 Å². The summed E-state index contributed by atoms with van der Waals surface area (Å²) < 4.78 is 0. The predicted octanol–water partition coefficient (Wildman–Crippen LogP) is 7.60. The molecule has 94 heavy (non-hydrogen) atoms. The van der Waals surface area contributed by atoms with E-state index in [0.29, 0.717) is 33.4 Å². The maximum atomic E-state index is 13.0. The Morgan fingerprint density at radius 2 is 0.362 bits per heavy atom. The van der Waals surface area contributed by atoms with Crippen molar-refractivity contribution in [1.82, 2.24) is 0 Å².